The second-order valence-electron chi connectivity index (χ2n) is 5.24. The van der Waals surface area contributed by atoms with Crippen molar-refractivity contribution in [1.82, 2.24) is 5.32 Å². The quantitative estimate of drug-likeness (QED) is 0.721. The Bertz CT molecular complexity index is 514. The number of sulfone groups is 1. The van der Waals surface area contributed by atoms with E-state index < -0.39 is 9.84 Å². The lowest BCUT2D eigenvalue weighted by atomic mass is 10.1. The van der Waals surface area contributed by atoms with Gasteiger partial charge in [0.1, 0.15) is 0 Å². The first-order valence-corrected chi connectivity index (χ1v) is 9.23. The van der Waals surface area contributed by atoms with Crippen LogP contribution in [0, 0.1) is 0 Å². The number of hydrogen-bond acceptors (Lipinski definition) is 4. The van der Waals surface area contributed by atoms with Gasteiger partial charge in [-0.05, 0) is 37.4 Å². The summed E-state index contributed by atoms with van der Waals surface area (Å²) in [6, 6.07) is 7.43. The summed E-state index contributed by atoms with van der Waals surface area (Å²) in [5.41, 5.74) is 0.872. The van der Waals surface area contributed by atoms with Crippen LogP contribution in [0.4, 0.5) is 0 Å². The Labute approximate surface area is 128 Å². The molecule has 5 heteroatoms. The fourth-order valence-electron chi connectivity index (χ4n) is 2.36. The number of benzene rings is 1. The molecule has 1 aromatic rings. The van der Waals surface area contributed by atoms with E-state index in [1.807, 2.05) is 19.1 Å². The average Bonchev–Trinajstić information content (AvgIpc) is 2.45. The predicted molar refractivity (Wildman–Crippen MR) is 86.4 cm³/mol. The summed E-state index contributed by atoms with van der Waals surface area (Å²) in [6.07, 6.45) is 2.33. The maximum Gasteiger partial charge on any atom is 0.178 e. The maximum absolute atomic E-state index is 12.4. The highest BCUT2D eigenvalue weighted by Crippen LogP contribution is 2.19. The molecule has 0 spiro atoms. The standard InChI is InChI=1S/C16H27NO3S/c1-4-10-17-15(13-20-3)12-14-8-6-7-9-16(14)21(18,19)11-5-2/h6-9,15,17H,4-5,10-13H2,1-3H3. The molecule has 0 radical (unpaired) electrons. The summed E-state index contributed by atoms with van der Waals surface area (Å²) in [5, 5.41) is 3.41. The smallest absolute Gasteiger partial charge is 0.178 e. The molecule has 120 valence electrons. The van der Waals surface area contributed by atoms with E-state index in [-0.39, 0.29) is 11.8 Å². The fourth-order valence-corrected chi connectivity index (χ4v) is 3.95. The van der Waals surface area contributed by atoms with Crippen LogP contribution in [0.5, 0.6) is 0 Å². The van der Waals surface area contributed by atoms with E-state index in [9.17, 15) is 8.42 Å². The molecule has 0 aromatic heterocycles. The molecule has 1 unspecified atom stereocenters. The summed E-state index contributed by atoms with van der Waals surface area (Å²) >= 11 is 0. The molecule has 0 fully saturated rings. The van der Waals surface area contributed by atoms with Gasteiger partial charge < -0.3 is 10.1 Å². The van der Waals surface area contributed by atoms with Crippen LogP contribution in [0.2, 0.25) is 0 Å². The van der Waals surface area contributed by atoms with Gasteiger partial charge in [-0.25, -0.2) is 8.42 Å². The van der Waals surface area contributed by atoms with Crippen LogP contribution in [0.1, 0.15) is 32.3 Å². The minimum absolute atomic E-state index is 0.132. The molecule has 1 rings (SSSR count). The van der Waals surface area contributed by atoms with Crippen LogP contribution >= 0.6 is 0 Å². The van der Waals surface area contributed by atoms with Crippen LogP contribution in [-0.2, 0) is 21.0 Å². The van der Waals surface area contributed by atoms with Crippen molar-refractivity contribution in [3.05, 3.63) is 29.8 Å². The number of hydrogen-bond donors (Lipinski definition) is 1. The summed E-state index contributed by atoms with van der Waals surface area (Å²) in [7, 11) is -1.52. The molecule has 1 aromatic carbocycles. The Morgan fingerprint density at radius 3 is 2.52 bits per heavy atom. The summed E-state index contributed by atoms with van der Waals surface area (Å²) in [6.45, 7) is 5.47. The van der Waals surface area contributed by atoms with Crippen molar-refractivity contribution in [2.24, 2.45) is 0 Å². The zero-order chi connectivity index (χ0) is 15.7. The first kappa shape index (κ1) is 18.1. The minimum Gasteiger partial charge on any atom is -0.383 e. The highest BCUT2D eigenvalue weighted by atomic mass is 32.2. The van der Waals surface area contributed by atoms with Gasteiger partial charge in [0, 0.05) is 13.2 Å². The van der Waals surface area contributed by atoms with Gasteiger partial charge in [-0.1, -0.05) is 32.0 Å². The monoisotopic (exact) mass is 313 g/mol. The Kier molecular flexibility index (Phi) is 7.93. The molecule has 1 atom stereocenters. The summed E-state index contributed by atoms with van der Waals surface area (Å²) < 4.78 is 29.9. The van der Waals surface area contributed by atoms with Gasteiger partial charge in [0.05, 0.1) is 17.3 Å². The molecule has 0 saturated heterocycles. The Balaban J connectivity index is 2.96. The highest BCUT2D eigenvalue weighted by Gasteiger charge is 2.19. The SMILES string of the molecule is CCCNC(COC)Cc1ccccc1S(=O)(=O)CCC. The van der Waals surface area contributed by atoms with Crippen molar-refractivity contribution < 1.29 is 13.2 Å². The first-order chi connectivity index (χ1) is 10.0. The number of ether oxygens (including phenoxy) is 1. The lowest BCUT2D eigenvalue weighted by molar-refractivity contribution is 0.166. The summed E-state index contributed by atoms with van der Waals surface area (Å²) in [4.78, 5) is 0.464. The summed E-state index contributed by atoms with van der Waals surface area (Å²) in [5.74, 6) is 0.196. The Morgan fingerprint density at radius 2 is 1.90 bits per heavy atom. The normalized spacial score (nSPS) is 13.3. The van der Waals surface area contributed by atoms with E-state index in [4.69, 9.17) is 4.74 Å². The van der Waals surface area contributed by atoms with Gasteiger partial charge in [0.15, 0.2) is 9.84 Å². The lowest BCUT2D eigenvalue weighted by Gasteiger charge is -2.19. The predicted octanol–water partition coefficient (Wildman–Crippen LogP) is 2.43. The lowest BCUT2D eigenvalue weighted by Crippen LogP contribution is -2.36. The number of methoxy groups -OCH3 is 1. The van der Waals surface area contributed by atoms with E-state index in [0.717, 1.165) is 18.5 Å². The van der Waals surface area contributed by atoms with E-state index in [0.29, 0.717) is 24.3 Å². The van der Waals surface area contributed by atoms with Crippen LogP contribution in [0.3, 0.4) is 0 Å². The molecule has 0 amide bonds. The van der Waals surface area contributed by atoms with Gasteiger partial charge in [-0.2, -0.15) is 0 Å². The molecule has 0 aliphatic carbocycles. The molecule has 0 heterocycles. The van der Waals surface area contributed by atoms with Crippen molar-refractivity contribution >= 4 is 9.84 Å². The van der Waals surface area contributed by atoms with Crippen molar-refractivity contribution in [3.8, 4) is 0 Å². The van der Waals surface area contributed by atoms with Crippen molar-refractivity contribution in [2.75, 3.05) is 26.0 Å². The van der Waals surface area contributed by atoms with E-state index in [1.165, 1.54) is 0 Å². The van der Waals surface area contributed by atoms with Gasteiger partial charge in [0.2, 0.25) is 0 Å². The molecule has 0 bridgehead atoms. The van der Waals surface area contributed by atoms with Crippen molar-refractivity contribution in [1.29, 1.82) is 0 Å². The third-order valence-electron chi connectivity index (χ3n) is 3.30. The Hall–Kier alpha value is -0.910. The first-order valence-electron chi connectivity index (χ1n) is 7.58. The molecule has 1 N–H and O–H groups in total. The minimum atomic E-state index is -3.19. The third kappa shape index (κ3) is 5.77. The van der Waals surface area contributed by atoms with Gasteiger partial charge in [-0.15, -0.1) is 0 Å². The highest BCUT2D eigenvalue weighted by molar-refractivity contribution is 7.91. The molecular weight excluding hydrogens is 286 g/mol. The topological polar surface area (TPSA) is 55.4 Å². The maximum atomic E-state index is 12.4. The van der Waals surface area contributed by atoms with Gasteiger partial charge >= 0.3 is 0 Å². The molecule has 21 heavy (non-hydrogen) atoms. The largest absolute Gasteiger partial charge is 0.383 e. The van der Waals surface area contributed by atoms with Crippen LogP contribution in [0.15, 0.2) is 29.2 Å². The van der Waals surface area contributed by atoms with Crippen LogP contribution in [0.25, 0.3) is 0 Å². The molecule has 0 aliphatic heterocycles. The van der Waals surface area contributed by atoms with Crippen LogP contribution in [-0.4, -0.2) is 40.5 Å². The third-order valence-corrected chi connectivity index (χ3v) is 5.31. The fraction of sp³-hybridized carbons (Fsp3) is 0.625. The zero-order valence-electron chi connectivity index (χ0n) is 13.3. The van der Waals surface area contributed by atoms with E-state index in [2.05, 4.69) is 12.2 Å². The van der Waals surface area contributed by atoms with Gasteiger partial charge in [-0.3, -0.25) is 0 Å². The molecule has 0 saturated carbocycles. The second-order valence-corrected chi connectivity index (χ2v) is 7.31. The molecule has 4 nitrogen and oxygen atoms in total. The van der Waals surface area contributed by atoms with Crippen LogP contribution < -0.4 is 5.32 Å². The Morgan fingerprint density at radius 1 is 1.19 bits per heavy atom. The van der Waals surface area contributed by atoms with Crippen molar-refractivity contribution in [3.63, 3.8) is 0 Å². The molecular formula is C16H27NO3S. The molecule has 0 aliphatic rings. The average molecular weight is 313 g/mol. The number of rotatable bonds is 10. The number of nitrogens with one attached hydrogen (secondary N) is 1. The van der Waals surface area contributed by atoms with E-state index >= 15 is 0 Å². The van der Waals surface area contributed by atoms with Gasteiger partial charge in [0.25, 0.3) is 0 Å². The van der Waals surface area contributed by atoms with E-state index in [1.54, 1.807) is 19.2 Å². The second kappa shape index (κ2) is 9.18. The van der Waals surface area contributed by atoms with Crippen molar-refractivity contribution in [2.45, 2.75) is 44.0 Å². The zero-order valence-corrected chi connectivity index (χ0v) is 14.1.